The third-order valence-corrected chi connectivity index (χ3v) is 2.52. The van der Waals surface area contributed by atoms with Gasteiger partial charge in [0.05, 0.1) is 0 Å². The minimum Gasteiger partial charge on any atom is -0.303 e. The Morgan fingerprint density at radius 1 is 1.36 bits per heavy atom. The van der Waals surface area contributed by atoms with Gasteiger partial charge in [-0.1, -0.05) is 6.92 Å². The molecule has 0 unspecified atom stereocenters. The standard InChI is InChI=1S/C8H18ClNS/c1-3-10(6-4-5-9)7-8-11-2/h3-8H2,1-2H3. The second-order valence-electron chi connectivity index (χ2n) is 2.47. The van der Waals surface area contributed by atoms with Crippen molar-refractivity contribution >= 4 is 23.4 Å². The predicted molar refractivity (Wildman–Crippen MR) is 55.8 cm³/mol. The highest BCUT2D eigenvalue weighted by molar-refractivity contribution is 7.98. The molecule has 1 nitrogen and oxygen atoms in total. The normalized spacial score (nSPS) is 10.9. The van der Waals surface area contributed by atoms with Gasteiger partial charge in [-0.05, 0) is 25.8 Å². The van der Waals surface area contributed by atoms with Gasteiger partial charge in [0, 0.05) is 18.2 Å². The quantitative estimate of drug-likeness (QED) is 0.574. The number of hydrogen-bond donors (Lipinski definition) is 0. The fourth-order valence-corrected chi connectivity index (χ4v) is 1.49. The summed E-state index contributed by atoms with van der Waals surface area (Å²) in [5, 5.41) is 0. The van der Waals surface area contributed by atoms with Gasteiger partial charge in [-0.3, -0.25) is 0 Å². The van der Waals surface area contributed by atoms with Crippen LogP contribution in [0.3, 0.4) is 0 Å². The fourth-order valence-electron chi connectivity index (χ4n) is 0.932. The van der Waals surface area contributed by atoms with E-state index in [4.69, 9.17) is 11.6 Å². The van der Waals surface area contributed by atoms with Crippen molar-refractivity contribution < 1.29 is 0 Å². The van der Waals surface area contributed by atoms with E-state index < -0.39 is 0 Å². The van der Waals surface area contributed by atoms with Crippen LogP contribution in [0.2, 0.25) is 0 Å². The Morgan fingerprint density at radius 2 is 2.09 bits per heavy atom. The van der Waals surface area contributed by atoms with Crippen molar-refractivity contribution in [1.82, 2.24) is 4.90 Å². The Labute approximate surface area is 79.5 Å². The van der Waals surface area contributed by atoms with Crippen molar-refractivity contribution in [3.63, 3.8) is 0 Å². The van der Waals surface area contributed by atoms with Crippen LogP contribution in [0.4, 0.5) is 0 Å². The molecule has 0 aliphatic heterocycles. The molecule has 0 heterocycles. The molecule has 0 saturated heterocycles. The molecular formula is C8H18ClNS. The number of hydrogen-bond acceptors (Lipinski definition) is 2. The number of halogens is 1. The van der Waals surface area contributed by atoms with Gasteiger partial charge in [0.15, 0.2) is 0 Å². The topological polar surface area (TPSA) is 3.24 Å². The van der Waals surface area contributed by atoms with Crippen molar-refractivity contribution in [3.8, 4) is 0 Å². The number of alkyl halides is 1. The van der Waals surface area contributed by atoms with Crippen LogP contribution in [0.5, 0.6) is 0 Å². The van der Waals surface area contributed by atoms with Gasteiger partial charge in [-0.2, -0.15) is 11.8 Å². The van der Waals surface area contributed by atoms with Gasteiger partial charge in [0.25, 0.3) is 0 Å². The molecule has 0 aromatic rings. The van der Waals surface area contributed by atoms with Crippen LogP contribution in [-0.4, -0.2) is 42.4 Å². The van der Waals surface area contributed by atoms with Crippen LogP contribution >= 0.6 is 23.4 Å². The van der Waals surface area contributed by atoms with Crippen molar-refractivity contribution in [2.24, 2.45) is 0 Å². The number of thioether (sulfide) groups is 1. The summed E-state index contributed by atoms with van der Waals surface area (Å²) >= 11 is 7.51. The smallest absolute Gasteiger partial charge is 0.0235 e. The molecule has 0 bridgehead atoms. The summed E-state index contributed by atoms with van der Waals surface area (Å²) in [6.45, 7) is 5.71. The van der Waals surface area contributed by atoms with Crippen LogP contribution in [0.1, 0.15) is 13.3 Å². The largest absolute Gasteiger partial charge is 0.303 e. The lowest BCUT2D eigenvalue weighted by atomic mass is 10.4. The lowest BCUT2D eigenvalue weighted by Crippen LogP contribution is -2.27. The van der Waals surface area contributed by atoms with Crippen LogP contribution in [0, 0.1) is 0 Å². The molecule has 11 heavy (non-hydrogen) atoms. The first kappa shape index (κ1) is 11.6. The fraction of sp³-hybridized carbons (Fsp3) is 1.00. The summed E-state index contributed by atoms with van der Waals surface area (Å²) in [7, 11) is 0. The van der Waals surface area contributed by atoms with E-state index in [1.807, 2.05) is 11.8 Å². The summed E-state index contributed by atoms with van der Waals surface area (Å²) in [5.41, 5.74) is 0. The van der Waals surface area contributed by atoms with Crippen molar-refractivity contribution in [1.29, 1.82) is 0 Å². The first-order valence-electron chi connectivity index (χ1n) is 4.12. The Balaban J connectivity index is 3.25. The summed E-state index contributed by atoms with van der Waals surface area (Å²) in [6, 6.07) is 0. The average Bonchev–Trinajstić information content (AvgIpc) is 2.05. The van der Waals surface area contributed by atoms with Crippen LogP contribution in [0.25, 0.3) is 0 Å². The number of rotatable bonds is 7. The van der Waals surface area contributed by atoms with E-state index in [9.17, 15) is 0 Å². The van der Waals surface area contributed by atoms with Gasteiger partial charge >= 0.3 is 0 Å². The zero-order chi connectivity index (χ0) is 8.53. The van der Waals surface area contributed by atoms with E-state index in [-0.39, 0.29) is 0 Å². The summed E-state index contributed by atoms with van der Waals surface area (Å²) in [5.74, 6) is 2.02. The SMILES string of the molecule is CCN(CCCCl)CCSC. The van der Waals surface area contributed by atoms with Gasteiger partial charge < -0.3 is 4.90 Å². The van der Waals surface area contributed by atoms with Crippen molar-refractivity contribution in [2.75, 3.05) is 37.5 Å². The van der Waals surface area contributed by atoms with Crippen LogP contribution in [0.15, 0.2) is 0 Å². The molecule has 0 aromatic carbocycles. The molecule has 0 aliphatic rings. The second kappa shape index (κ2) is 8.69. The molecule has 68 valence electrons. The molecule has 0 saturated carbocycles. The summed E-state index contributed by atoms with van der Waals surface area (Å²) in [4.78, 5) is 2.44. The van der Waals surface area contributed by atoms with Gasteiger partial charge in [-0.15, -0.1) is 11.6 Å². The molecule has 0 atom stereocenters. The molecule has 3 heteroatoms. The molecule has 0 rings (SSSR count). The molecule has 0 N–H and O–H groups in total. The van der Waals surface area contributed by atoms with E-state index in [0.717, 1.165) is 25.4 Å². The third-order valence-electron chi connectivity index (χ3n) is 1.67. The molecule has 0 fully saturated rings. The van der Waals surface area contributed by atoms with E-state index in [1.54, 1.807) is 0 Å². The first-order valence-corrected chi connectivity index (χ1v) is 6.05. The molecular weight excluding hydrogens is 178 g/mol. The monoisotopic (exact) mass is 195 g/mol. The summed E-state index contributed by atoms with van der Waals surface area (Å²) < 4.78 is 0. The van der Waals surface area contributed by atoms with Crippen LogP contribution in [-0.2, 0) is 0 Å². The van der Waals surface area contributed by atoms with Gasteiger partial charge in [0.1, 0.15) is 0 Å². The Bertz CT molecular complexity index is 72.5. The minimum atomic E-state index is 0.787. The average molecular weight is 196 g/mol. The highest BCUT2D eigenvalue weighted by Gasteiger charge is 1.99. The maximum absolute atomic E-state index is 5.60. The van der Waals surface area contributed by atoms with Crippen LogP contribution < -0.4 is 0 Å². The lowest BCUT2D eigenvalue weighted by molar-refractivity contribution is 0.308. The van der Waals surface area contributed by atoms with Crippen molar-refractivity contribution in [2.45, 2.75) is 13.3 Å². The maximum atomic E-state index is 5.60. The lowest BCUT2D eigenvalue weighted by Gasteiger charge is -2.18. The molecule has 0 aromatic heterocycles. The third kappa shape index (κ3) is 6.98. The Morgan fingerprint density at radius 3 is 2.55 bits per heavy atom. The molecule has 0 radical (unpaired) electrons. The Hall–Kier alpha value is 0.600. The van der Waals surface area contributed by atoms with E-state index in [0.29, 0.717) is 0 Å². The molecule has 0 aliphatic carbocycles. The van der Waals surface area contributed by atoms with Gasteiger partial charge in [-0.25, -0.2) is 0 Å². The second-order valence-corrected chi connectivity index (χ2v) is 3.83. The predicted octanol–water partition coefficient (Wildman–Crippen LogP) is 2.30. The van der Waals surface area contributed by atoms with E-state index >= 15 is 0 Å². The highest BCUT2D eigenvalue weighted by atomic mass is 35.5. The molecule has 0 spiro atoms. The zero-order valence-corrected chi connectivity index (χ0v) is 9.05. The maximum Gasteiger partial charge on any atom is 0.0235 e. The van der Waals surface area contributed by atoms with E-state index in [2.05, 4.69) is 18.1 Å². The summed E-state index contributed by atoms with van der Waals surface area (Å²) in [6.07, 6.45) is 3.26. The van der Waals surface area contributed by atoms with Gasteiger partial charge in [0.2, 0.25) is 0 Å². The number of nitrogens with zero attached hydrogens (tertiary/aromatic N) is 1. The van der Waals surface area contributed by atoms with Crippen molar-refractivity contribution in [3.05, 3.63) is 0 Å². The molecule has 0 amide bonds. The minimum absolute atomic E-state index is 0.787. The first-order chi connectivity index (χ1) is 5.35. The zero-order valence-electron chi connectivity index (χ0n) is 7.48. The van der Waals surface area contributed by atoms with E-state index in [1.165, 1.54) is 12.3 Å². The highest BCUT2D eigenvalue weighted by Crippen LogP contribution is 1.97. The Kier molecular flexibility index (Phi) is 9.17.